The molecule has 0 aliphatic carbocycles. The zero-order valence-electron chi connectivity index (χ0n) is 18.5. The van der Waals surface area contributed by atoms with Gasteiger partial charge in [0.15, 0.2) is 5.96 Å². The van der Waals surface area contributed by atoms with E-state index >= 15 is 0 Å². The van der Waals surface area contributed by atoms with Crippen LogP contribution in [0, 0.1) is 5.92 Å². The maximum Gasteiger partial charge on any atom is 0.220 e. The largest absolute Gasteiger partial charge is 0.381 e. The molecule has 1 aromatic rings. The van der Waals surface area contributed by atoms with Crippen LogP contribution >= 0.6 is 0 Å². The van der Waals surface area contributed by atoms with Gasteiger partial charge in [0.25, 0.3) is 0 Å². The third-order valence-electron chi connectivity index (χ3n) is 5.22. The van der Waals surface area contributed by atoms with Crippen LogP contribution in [0.25, 0.3) is 0 Å². The maximum atomic E-state index is 11.4. The molecule has 2 rings (SSSR count). The van der Waals surface area contributed by atoms with Gasteiger partial charge in [-0.2, -0.15) is 0 Å². The number of carbonyl (C=O) groups excluding carboxylic acids is 1. The zero-order valence-corrected chi connectivity index (χ0v) is 18.5. The van der Waals surface area contributed by atoms with Gasteiger partial charge in [0, 0.05) is 57.1 Å². The maximum absolute atomic E-state index is 11.4. The van der Waals surface area contributed by atoms with Gasteiger partial charge in [0.1, 0.15) is 5.82 Å². The summed E-state index contributed by atoms with van der Waals surface area (Å²) >= 11 is 0. The van der Waals surface area contributed by atoms with Gasteiger partial charge in [0.2, 0.25) is 5.91 Å². The Morgan fingerprint density at radius 3 is 2.73 bits per heavy atom. The van der Waals surface area contributed by atoms with E-state index in [0.717, 1.165) is 88.8 Å². The number of guanidine groups is 1. The Labute approximate surface area is 180 Å². The van der Waals surface area contributed by atoms with Gasteiger partial charge >= 0.3 is 0 Å². The average molecular weight is 419 g/mol. The number of piperidine rings is 1. The number of carbonyl (C=O) groups is 1. The number of amides is 1. The number of rotatable bonds is 12. The first-order valence-electron chi connectivity index (χ1n) is 11.2. The molecular formula is C22H38N6O2. The molecule has 0 saturated carbocycles. The third-order valence-corrected chi connectivity index (χ3v) is 5.22. The lowest BCUT2D eigenvalue weighted by Gasteiger charge is -2.32. The quantitative estimate of drug-likeness (QED) is 0.273. The van der Waals surface area contributed by atoms with Crippen LogP contribution in [0.3, 0.4) is 0 Å². The van der Waals surface area contributed by atoms with Crippen LogP contribution in [-0.4, -0.2) is 56.2 Å². The highest BCUT2D eigenvalue weighted by atomic mass is 16.5. The number of nitrogens with zero attached hydrogens (tertiary/aromatic N) is 3. The molecule has 168 valence electrons. The van der Waals surface area contributed by atoms with E-state index in [1.807, 2.05) is 12.3 Å². The molecule has 0 unspecified atom stereocenters. The summed E-state index contributed by atoms with van der Waals surface area (Å²) in [5, 5.41) is 6.67. The van der Waals surface area contributed by atoms with Crippen molar-refractivity contribution in [2.45, 2.75) is 52.5 Å². The van der Waals surface area contributed by atoms with Crippen molar-refractivity contribution in [2.24, 2.45) is 16.6 Å². The van der Waals surface area contributed by atoms with Gasteiger partial charge < -0.3 is 26.0 Å². The van der Waals surface area contributed by atoms with Crippen molar-refractivity contribution in [3.63, 3.8) is 0 Å². The molecular weight excluding hydrogens is 380 g/mol. The van der Waals surface area contributed by atoms with Crippen LogP contribution in [-0.2, 0) is 16.1 Å². The van der Waals surface area contributed by atoms with Crippen molar-refractivity contribution in [3.8, 4) is 0 Å². The Morgan fingerprint density at radius 1 is 1.27 bits per heavy atom. The van der Waals surface area contributed by atoms with Crippen molar-refractivity contribution < 1.29 is 9.53 Å². The van der Waals surface area contributed by atoms with Crippen molar-refractivity contribution in [2.75, 3.05) is 44.3 Å². The predicted molar refractivity (Wildman–Crippen MR) is 122 cm³/mol. The van der Waals surface area contributed by atoms with E-state index in [-0.39, 0.29) is 11.8 Å². The highest BCUT2D eigenvalue weighted by molar-refractivity contribution is 5.79. The first kappa shape index (κ1) is 23.9. The van der Waals surface area contributed by atoms with E-state index in [9.17, 15) is 4.79 Å². The number of anilines is 1. The highest BCUT2D eigenvalue weighted by Crippen LogP contribution is 2.24. The normalized spacial score (nSPS) is 15.3. The lowest BCUT2D eigenvalue weighted by molar-refractivity contribution is -0.122. The average Bonchev–Trinajstić information content (AvgIpc) is 2.77. The number of aliphatic imine (C=N–C) groups is 1. The van der Waals surface area contributed by atoms with Gasteiger partial charge in [-0.1, -0.05) is 19.4 Å². The van der Waals surface area contributed by atoms with Crippen LogP contribution in [0.1, 0.15) is 51.5 Å². The van der Waals surface area contributed by atoms with Crippen molar-refractivity contribution >= 4 is 17.7 Å². The summed E-state index contributed by atoms with van der Waals surface area (Å²) in [5.41, 5.74) is 6.54. The number of hydrogen-bond donors (Lipinski definition) is 3. The topological polar surface area (TPSA) is 105 Å². The molecule has 1 aliphatic heterocycles. The molecule has 1 fully saturated rings. The number of nitrogens with one attached hydrogen (secondary N) is 2. The summed E-state index contributed by atoms with van der Waals surface area (Å²) in [5.74, 6) is 1.53. The van der Waals surface area contributed by atoms with Crippen molar-refractivity contribution in [1.82, 2.24) is 15.6 Å². The number of unbranched alkanes of at least 4 members (excludes halogenated alkanes) is 1. The standard InChI is InChI=1S/C22H38N6O2/c1-3-5-15-30-16-7-12-26-22(24-4-2)27-17-19-8-6-11-25-21(19)28-13-9-18(10-14-28)20(23)29/h6,8,11,18H,3-5,7,9-10,12-17H2,1-2H3,(H2,23,29)(H2,24,26,27). The zero-order chi connectivity index (χ0) is 21.6. The van der Waals surface area contributed by atoms with Crippen LogP contribution in [0.5, 0.6) is 0 Å². The second-order valence-corrected chi connectivity index (χ2v) is 7.59. The summed E-state index contributed by atoms with van der Waals surface area (Å²) in [6.07, 6.45) is 6.59. The number of aromatic nitrogens is 1. The third kappa shape index (κ3) is 8.18. The summed E-state index contributed by atoms with van der Waals surface area (Å²) in [6, 6.07) is 4.01. The highest BCUT2D eigenvalue weighted by Gasteiger charge is 2.24. The number of primary amides is 1. The van der Waals surface area contributed by atoms with Crippen molar-refractivity contribution in [1.29, 1.82) is 0 Å². The van der Waals surface area contributed by atoms with Gasteiger partial charge in [-0.05, 0) is 38.7 Å². The summed E-state index contributed by atoms with van der Waals surface area (Å²) < 4.78 is 5.61. The Kier molecular flexibility index (Phi) is 11.0. The first-order chi connectivity index (χ1) is 14.7. The molecule has 2 heterocycles. The summed E-state index contributed by atoms with van der Waals surface area (Å²) in [7, 11) is 0. The summed E-state index contributed by atoms with van der Waals surface area (Å²) in [6.45, 7) is 9.57. The fourth-order valence-corrected chi connectivity index (χ4v) is 3.45. The fraction of sp³-hybridized carbons (Fsp3) is 0.682. The van der Waals surface area contributed by atoms with Gasteiger partial charge in [-0.15, -0.1) is 0 Å². The van der Waals surface area contributed by atoms with E-state index in [0.29, 0.717) is 6.54 Å². The minimum absolute atomic E-state index is 0.0260. The molecule has 8 heteroatoms. The lowest BCUT2D eigenvalue weighted by atomic mass is 9.96. The lowest BCUT2D eigenvalue weighted by Crippen LogP contribution is -2.39. The second-order valence-electron chi connectivity index (χ2n) is 7.59. The van der Waals surface area contributed by atoms with E-state index in [1.54, 1.807) is 0 Å². The Morgan fingerprint density at radius 2 is 2.03 bits per heavy atom. The molecule has 0 bridgehead atoms. The molecule has 1 aliphatic rings. The van der Waals surface area contributed by atoms with Gasteiger partial charge in [-0.3, -0.25) is 4.79 Å². The second kappa shape index (κ2) is 13.8. The smallest absolute Gasteiger partial charge is 0.220 e. The van der Waals surface area contributed by atoms with Gasteiger partial charge in [0.05, 0.1) is 6.54 Å². The minimum Gasteiger partial charge on any atom is -0.381 e. The fourth-order valence-electron chi connectivity index (χ4n) is 3.45. The van der Waals surface area contributed by atoms with E-state index in [2.05, 4.69) is 40.4 Å². The molecule has 0 spiro atoms. The molecule has 8 nitrogen and oxygen atoms in total. The number of ether oxygens (including phenoxy) is 1. The molecule has 30 heavy (non-hydrogen) atoms. The van der Waals surface area contributed by atoms with Crippen LogP contribution in [0.15, 0.2) is 23.3 Å². The molecule has 0 radical (unpaired) electrons. The van der Waals surface area contributed by atoms with Gasteiger partial charge in [-0.25, -0.2) is 9.98 Å². The number of pyridine rings is 1. The minimum atomic E-state index is -0.197. The molecule has 0 atom stereocenters. The predicted octanol–water partition coefficient (Wildman–Crippen LogP) is 2.05. The summed E-state index contributed by atoms with van der Waals surface area (Å²) in [4.78, 5) is 23.0. The monoisotopic (exact) mass is 418 g/mol. The van der Waals surface area contributed by atoms with E-state index in [1.165, 1.54) is 0 Å². The Balaban J connectivity index is 1.88. The molecule has 1 amide bonds. The molecule has 0 aromatic carbocycles. The van der Waals surface area contributed by atoms with Crippen LogP contribution in [0.4, 0.5) is 5.82 Å². The number of nitrogens with two attached hydrogens (primary N) is 1. The van der Waals surface area contributed by atoms with E-state index in [4.69, 9.17) is 15.5 Å². The Hall–Kier alpha value is -2.35. The van der Waals surface area contributed by atoms with E-state index < -0.39 is 0 Å². The Bertz CT molecular complexity index is 659. The first-order valence-corrected chi connectivity index (χ1v) is 11.2. The molecule has 1 aromatic heterocycles. The number of hydrogen-bond acceptors (Lipinski definition) is 5. The molecule has 4 N–H and O–H groups in total. The van der Waals surface area contributed by atoms with Crippen LogP contribution in [0.2, 0.25) is 0 Å². The SMILES string of the molecule is CCCCOCCCNC(=NCc1cccnc1N1CCC(C(N)=O)CC1)NCC. The molecule has 1 saturated heterocycles. The van der Waals surface area contributed by atoms with Crippen LogP contribution < -0.4 is 21.3 Å². The van der Waals surface area contributed by atoms with Crippen molar-refractivity contribution in [3.05, 3.63) is 23.9 Å².